The number of β-amino-alcohol motifs (C(OH)–C–C–N with tert-alkyl or cyclic N) is 1. The van der Waals surface area contributed by atoms with Gasteiger partial charge >= 0.3 is 0 Å². The van der Waals surface area contributed by atoms with Gasteiger partial charge in [-0.1, -0.05) is 79.1 Å². The predicted molar refractivity (Wildman–Crippen MR) is 315 cm³/mol. The van der Waals surface area contributed by atoms with E-state index in [0.29, 0.717) is 71.7 Å². The van der Waals surface area contributed by atoms with Crippen molar-refractivity contribution in [2.75, 3.05) is 103 Å². The number of likely N-dealkylation sites (N-methyl/N-ethyl adjacent to an activating group) is 1. The average Bonchev–Trinajstić information content (AvgIpc) is 4.03. The first kappa shape index (κ1) is 60.3. The Morgan fingerprint density at radius 1 is 0.928 bits per heavy atom. The Morgan fingerprint density at radius 2 is 1.65 bits per heavy atom. The van der Waals surface area contributed by atoms with Crippen LogP contribution in [0.1, 0.15) is 68.3 Å². The van der Waals surface area contributed by atoms with Gasteiger partial charge in [0.15, 0.2) is 5.82 Å². The van der Waals surface area contributed by atoms with Gasteiger partial charge in [0.1, 0.15) is 34.8 Å². The molecule has 9 rings (SSSR count). The van der Waals surface area contributed by atoms with E-state index in [0.717, 1.165) is 21.7 Å². The summed E-state index contributed by atoms with van der Waals surface area (Å²) in [6, 6.07) is 20.0. The van der Waals surface area contributed by atoms with Crippen molar-refractivity contribution >= 4 is 80.0 Å². The molecule has 0 unspecified atom stereocenters. The van der Waals surface area contributed by atoms with Crippen LogP contribution in [0.2, 0.25) is 5.02 Å². The van der Waals surface area contributed by atoms with Gasteiger partial charge < -0.3 is 59.2 Å². The van der Waals surface area contributed by atoms with Gasteiger partial charge in [-0.3, -0.25) is 19.2 Å². The van der Waals surface area contributed by atoms with Crippen molar-refractivity contribution in [3.05, 3.63) is 112 Å². The van der Waals surface area contributed by atoms with Crippen molar-refractivity contribution in [3.63, 3.8) is 0 Å². The molecule has 23 heteroatoms. The number of aromatic nitrogens is 4. The summed E-state index contributed by atoms with van der Waals surface area (Å²) < 4.78 is 40.2. The van der Waals surface area contributed by atoms with Crippen molar-refractivity contribution in [1.29, 1.82) is 0 Å². The number of phenols is 1. The molecule has 7 aromatic rings. The second-order valence-electron chi connectivity index (χ2n) is 21.3. The van der Waals surface area contributed by atoms with Gasteiger partial charge in [-0.15, -0.1) is 11.3 Å². The number of aliphatic hydroxyl groups is 1. The molecule has 440 valence electrons. The summed E-state index contributed by atoms with van der Waals surface area (Å²) in [5, 5.41) is 33.5. The lowest BCUT2D eigenvalue weighted by molar-refractivity contribution is -0.141. The maximum atomic E-state index is 17.0. The molecule has 3 aromatic heterocycles. The monoisotopic (exact) mass is 1180 g/mol. The minimum Gasteiger partial charge on any atom is -0.508 e. The summed E-state index contributed by atoms with van der Waals surface area (Å²) in [6.07, 6.45) is -0.732. The standard InChI is InChI=1S/C60H70ClFN10O10S/c1-35(2)52(50-27-36(3)68-82-50)59(78)72-32-43(75)30-49(72)58(77)65-48(39-11-13-40(14-12-39)56-37(4)64-34-83-56)33-81-26-25-80-24-23-79-22-21-69(6)51(76)15-16-63-60-66-55-46(57(67-60)71-19-17-70(18-20-71)38(5)73)31-47(61)53(54(55)62)45-29-42(74)28-41-9-7-8-10-44(41)45/h7-14,27-29,31,34-35,43,48-49,52,74-75H,15-26,30,32-33H2,1-6H3,(H,65,77)(H,63,66,67)/t43-,48+,49+,52-/m1/s1. The summed E-state index contributed by atoms with van der Waals surface area (Å²) in [5.74, 6) is -1.58. The number of ether oxygens (including phenoxy) is 3. The molecule has 4 amide bonds. The van der Waals surface area contributed by atoms with Gasteiger partial charge in [0.2, 0.25) is 29.6 Å². The third-order valence-electron chi connectivity index (χ3n) is 15.0. The van der Waals surface area contributed by atoms with E-state index in [1.807, 2.05) is 74.2 Å². The smallest absolute Gasteiger partial charge is 0.243 e. The van der Waals surface area contributed by atoms with Crippen LogP contribution in [0.5, 0.6) is 5.75 Å². The number of aryl methyl sites for hydroxylation is 2. The van der Waals surface area contributed by atoms with E-state index >= 15 is 4.39 Å². The molecular weight excluding hydrogens is 1110 g/mol. The number of hydrogen-bond donors (Lipinski definition) is 4. The molecule has 2 aliphatic heterocycles. The third kappa shape index (κ3) is 14.4. The summed E-state index contributed by atoms with van der Waals surface area (Å²) in [7, 11) is 1.68. The maximum Gasteiger partial charge on any atom is 0.243 e. The number of carbonyl (C=O) groups is 4. The number of amides is 4. The van der Waals surface area contributed by atoms with Crippen molar-refractivity contribution in [1.82, 2.24) is 40.1 Å². The molecule has 0 bridgehead atoms. The van der Waals surface area contributed by atoms with Crippen LogP contribution in [0.25, 0.3) is 43.2 Å². The lowest BCUT2D eigenvalue weighted by atomic mass is 9.91. The number of nitrogens with one attached hydrogen (secondary N) is 2. The van der Waals surface area contributed by atoms with E-state index < -0.39 is 35.8 Å². The van der Waals surface area contributed by atoms with Crippen molar-refractivity contribution in [2.45, 2.75) is 71.6 Å². The number of likely N-dealkylation sites (tertiary alicyclic amines) is 1. The van der Waals surface area contributed by atoms with E-state index in [1.165, 1.54) is 17.9 Å². The summed E-state index contributed by atoms with van der Waals surface area (Å²) in [5.41, 5.74) is 5.62. The van der Waals surface area contributed by atoms with Crippen molar-refractivity contribution < 1.29 is 52.5 Å². The number of rotatable bonds is 24. The first-order valence-electron chi connectivity index (χ1n) is 27.8. The fourth-order valence-corrected chi connectivity index (χ4v) is 11.7. The van der Waals surface area contributed by atoms with Gasteiger partial charge in [-0.05, 0) is 65.4 Å². The molecule has 4 atom stereocenters. The highest BCUT2D eigenvalue weighted by Crippen LogP contribution is 2.43. The Kier molecular flexibility index (Phi) is 19.9. The van der Waals surface area contributed by atoms with Crippen molar-refractivity contribution in [2.24, 2.45) is 5.92 Å². The second-order valence-corrected chi connectivity index (χ2v) is 22.5. The molecule has 2 fully saturated rings. The molecule has 5 heterocycles. The molecule has 20 nitrogen and oxygen atoms in total. The first-order valence-corrected chi connectivity index (χ1v) is 29.1. The van der Waals surface area contributed by atoms with Crippen LogP contribution in [0.3, 0.4) is 0 Å². The largest absolute Gasteiger partial charge is 0.508 e. The highest BCUT2D eigenvalue weighted by molar-refractivity contribution is 7.13. The topological polar surface area (TPSA) is 238 Å². The second kappa shape index (κ2) is 27.4. The van der Waals surface area contributed by atoms with Crippen LogP contribution in [-0.4, -0.2) is 173 Å². The molecule has 4 aromatic carbocycles. The number of aromatic hydroxyl groups is 1. The molecule has 2 saturated heterocycles. The van der Waals surface area contributed by atoms with E-state index in [9.17, 15) is 29.4 Å². The number of fused-ring (bicyclic) bond motifs is 2. The molecule has 0 radical (unpaired) electrons. The van der Waals surface area contributed by atoms with Crippen LogP contribution in [0.15, 0.2) is 82.8 Å². The lowest BCUT2D eigenvalue weighted by Crippen LogP contribution is -2.49. The van der Waals surface area contributed by atoms with Gasteiger partial charge in [0.25, 0.3) is 0 Å². The predicted octanol–water partition coefficient (Wildman–Crippen LogP) is 7.91. The zero-order valence-corrected chi connectivity index (χ0v) is 49.0. The number of phenolic OH excluding ortho intramolecular Hbond substituents is 1. The number of benzene rings is 4. The molecule has 0 saturated carbocycles. The van der Waals surface area contributed by atoms with Crippen LogP contribution >= 0.6 is 22.9 Å². The van der Waals surface area contributed by atoms with E-state index in [-0.39, 0.29) is 117 Å². The minimum atomic E-state index is -0.924. The van der Waals surface area contributed by atoms with E-state index in [2.05, 4.69) is 25.8 Å². The quantitative estimate of drug-likeness (QED) is 0.0421. The summed E-state index contributed by atoms with van der Waals surface area (Å²) in [6.45, 7) is 12.6. The van der Waals surface area contributed by atoms with Gasteiger partial charge in [-0.25, -0.2) is 14.4 Å². The average molecular weight is 1180 g/mol. The fraction of sp³-hybridized carbons (Fsp3) is 0.433. The number of anilines is 2. The van der Waals surface area contributed by atoms with Crippen LogP contribution in [0.4, 0.5) is 16.2 Å². The zero-order valence-electron chi connectivity index (χ0n) is 47.4. The third-order valence-corrected chi connectivity index (χ3v) is 16.3. The number of nitrogens with zero attached hydrogens (tertiary/aromatic N) is 8. The Morgan fingerprint density at radius 3 is 2.34 bits per heavy atom. The molecular formula is C60H70ClFN10O10S. The fourth-order valence-electron chi connectivity index (χ4n) is 10.6. The zero-order chi connectivity index (χ0) is 58.9. The number of piperazine rings is 1. The van der Waals surface area contributed by atoms with Gasteiger partial charge in [0.05, 0.1) is 78.6 Å². The van der Waals surface area contributed by atoms with E-state index in [4.69, 9.17) is 35.3 Å². The first-order chi connectivity index (χ1) is 39.9. The van der Waals surface area contributed by atoms with Crippen LogP contribution < -0.4 is 15.5 Å². The molecule has 2 aliphatic rings. The number of carbonyl (C=O) groups excluding carboxylic acids is 4. The summed E-state index contributed by atoms with van der Waals surface area (Å²) in [4.78, 5) is 75.3. The Bertz CT molecular complexity index is 3430. The number of aliphatic hydroxyl groups excluding tert-OH is 1. The van der Waals surface area contributed by atoms with Crippen LogP contribution in [0, 0.1) is 25.6 Å². The van der Waals surface area contributed by atoms with Gasteiger partial charge in [-0.2, -0.15) is 4.98 Å². The number of thiazole rings is 1. The number of halogens is 2. The number of hydrogen-bond acceptors (Lipinski definition) is 17. The Labute approximate surface area is 489 Å². The highest BCUT2D eigenvalue weighted by Gasteiger charge is 2.44. The van der Waals surface area contributed by atoms with E-state index in [1.54, 1.807) is 58.8 Å². The Balaban J connectivity index is 0.750. The van der Waals surface area contributed by atoms with Gasteiger partial charge in [0, 0.05) is 89.6 Å². The summed E-state index contributed by atoms with van der Waals surface area (Å²) >= 11 is 8.44. The molecule has 4 N–H and O–H groups in total. The normalized spacial score (nSPS) is 16.2. The molecule has 0 spiro atoms. The highest BCUT2D eigenvalue weighted by atomic mass is 35.5. The molecule has 83 heavy (non-hydrogen) atoms. The lowest BCUT2D eigenvalue weighted by Gasteiger charge is -2.35. The molecule has 0 aliphatic carbocycles. The maximum absolute atomic E-state index is 17.0. The SMILES string of the molecule is CC(=O)N1CCN(c2nc(NCCC(=O)N(C)CCOCCOCCOC[C@H](NC(=O)[C@@H]3C[C@@H](O)CN3C(=O)[C@@H](c3cc(C)no3)C(C)C)c3ccc(-c4scnc4C)cc3)nc3c(F)c(-c4cc(O)cc5ccccc45)c(Cl)cc23)CC1. The van der Waals surface area contributed by atoms with Crippen LogP contribution in [-0.2, 0) is 33.4 Å². The Hall–Kier alpha value is -7.34. The minimum absolute atomic E-state index is 0.00584. The van der Waals surface area contributed by atoms with Crippen molar-refractivity contribution in [3.8, 4) is 27.3 Å².